The Bertz CT molecular complexity index is 217. The number of ether oxygens (including phenoxy) is 1. The molecule has 0 bridgehead atoms. The average molecular weight is 273 g/mol. The van der Waals surface area contributed by atoms with Crippen LogP contribution >= 0.6 is 12.6 Å². The fraction of sp³-hybridized carbons (Fsp3) is 1.00. The number of rotatable bonds is 8. The maximum atomic E-state index is 5.61. The highest BCUT2D eigenvalue weighted by Gasteiger charge is 2.32. The Labute approximate surface area is 119 Å². The summed E-state index contributed by atoms with van der Waals surface area (Å²) in [6.45, 7) is 11.0. The van der Waals surface area contributed by atoms with E-state index >= 15 is 0 Å². The Morgan fingerprint density at radius 2 is 1.89 bits per heavy atom. The van der Waals surface area contributed by atoms with Crippen LogP contribution in [0.25, 0.3) is 0 Å². The molecule has 1 unspecified atom stereocenters. The van der Waals surface area contributed by atoms with Crippen LogP contribution in [-0.4, -0.2) is 43.0 Å². The fourth-order valence-electron chi connectivity index (χ4n) is 3.26. The van der Waals surface area contributed by atoms with Crippen molar-refractivity contribution in [2.75, 3.05) is 32.1 Å². The van der Waals surface area contributed by atoms with Gasteiger partial charge in [0.25, 0.3) is 0 Å². The molecule has 0 saturated carbocycles. The van der Waals surface area contributed by atoms with Crippen LogP contribution in [0.2, 0.25) is 0 Å². The first-order valence-electron chi connectivity index (χ1n) is 7.64. The molecule has 0 aromatic carbocycles. The van der Waals surface area contributed by atoms with Crippen molar-refractivity contribution in [1.82, 2.24) is 4.90 Å². The molecule has 108 valence electrons. The highest BCUT2D eigenvalue weighted by atomic mass is 32.1. The number of morpholine rings is 1. The Morgan fingerprint density at radius 3 is 2.39 bits per heavy atom. The van der Waals surface area contributed by atoms with Crippen molar-refractivity contribution < 1.29 is 4.74 Å². The summed E-state index contributed by atoms with van der Waals surface area (Å²) < 4.78 is 5.61. The summed E-state index contributed by atoms with van der Waals surface area (Å²) in [7, 11) is 0. The molecule has 0 aliphatic carbocycles. The second-order valence-corrected chi connectivity index (χ2v) is 6.08. The molecule has 0 N–H and O–H groups in total. The quantitative estimate of drug-likeness (QED) is 0.678. The monoisotopic (exact) mass is 273 g/mol. The van der Waals surface area contributed by atoms with E-state index in [1.54, 1.807) is 0 Å². The lowest BCUT2D eigenvalue weighted by atomic mass is 9.80. The SMILES string of the molecule is CCCC(CS)(CCC)CN1CCOCC1CC. The molecule has 2 nitrogen and oxygen atoms in total. The van der Waals surface area contributed by atoms with E-state index in [1.807, 2.05) is 0 Å². The molecular weight excluding hydrogens is 242 g/mol. The molecular formula is C15H31NOS. The van der Waals surface area contributed by atoms with Gasteiger partial charge in [0.15, 0.2) is 0 Å². The minimum Gasteiger partial charge on any atom is -0.378 e. The van der Waals surface area contributed by atoms with Gasteiger partial charge in [-0.2, -0.15) is 12.6 Å². The molecule has 3 heteroatoms. The summed E-state index contributed by atoms with van der Waals surface area (Å²) in [5.74, 6) is 1.02. The van der Waals surface area contributed by atoms with Gasteiger partial charge >= 0.3 is 0 Å². The minimum atomic E-state index is 0.414. The molecule has 1 rings (SSSR count). The third-order valence-corrected chi connectivity index (χ3v) is 4.93. The lowest BCUT2D eigenvalue weighted by molar-refractivity contribution is -0.0277. The van der Waals surface area contributed by atoms with E-state index in [0.29, 0.717) is 11.5 Å². The zero-order valence-corrected chi connectivity index (χ0v) is 13.3. The van der Waals surface area contributed by atoms with Crippen LogP contribution in [0.4, 0.5) is 0 Å². The van der Waals surface area contributed by atoms with Crippen molar-refractivity contribution >= 4 is 12.6 Å². The molecule has 0 radical (unpaired) electrons. The molecule has 1 atom stereocenters. The average Bonchev–Trinajstić information content (AvgIpc) is 2.40. The van der Waals surface area contributed by atoms with E-state index in [4.69, 9.17) is 4.74 Å². The van der Waals surface area contributed by atoms with Gasteiger partial charge in [0.1, 0.15) is 0 Å². The predicted octanol–water partition coefficient (Wildman–Crippen LogP) is 3.61. The number of hydrogen-bond acceptors (Lipinski definition) is 3. The lowest BCUT2D eigenvalue weighted by Gasteiger charge is -2.43. The van der Waals surface area contributed by atoms with Gasteiger partial charge in [0, 0.05) is 19.1 Å². The highest BCUT2D eigenvalue weighted by Crippen LogP contribution is 2.33. The summed E-state index contributed by atoms with van der Waals surface area (Å²) in [5, 5.41) is 0. The molecule has 18 heavy (non-hydrogen) atoms. The normalized spacial score (nSPS) is 22.3. The third-order valence-electron chi connectivity index (χ3n) is 4.26. The van der Waals surface area contributed by atoms with Crippen LogP contribution < -0.4 is 0 Å². The Morgan fingerprint density at radius 1 is 1.22 bits per heavy atom. The predicted molar refractivity (Wildman–Crippen MR) is 82.6 cm³/mol. The molecule has 1 heterocycles. The van der Waals surface area contributed by atoms with Gasteiger partial charge in [-0.3, -0.25) is 4.90 Å². The fourth-order valence-corrected chi connectivity index (χ4v) is 3.67. The molecule has 0 spiro atoms. The molecule has 1 aliphatic rings. The van der Waals surface area contributed by atoms with Gasteiger partial charge in [0.2, 0.25) is 0 Å². The first kappa shape index (κ1) is 16.3. The summed E-state index contributed by atoms with van der Waals surface area (Å²) in [6.07, 6.45) is 6.33. The van der Waals surface area contributed by atoms with Crippen molar-refractivity contribution in [2.24, 2.45) is 5.41 Å². The molecule has 1 fully saturated rings. The van der Waals surface area contributed by atoms with Crippen molar-refractivity contribution in [2.45, 2.75) is 58.9 Å². The van der Waals surface area contributed by atoms with Crippen molar-refractivity contribution in [1.29, 1.82) is 0 Å². The van der Waals surface area contributed by atoms with Crippen LogP contribution in [0.3, 0.4) is 0 Å². The smallest absolute Gasteiger partial charge is 0.0622 e. The zero-order valence-electron chi connectivity index (χ0n) is 12.5. The zero-order chi connectivity index (χ0) is 13.4. The van der Waals surface area contributed by atoms with Gasteiger partial charge in [-0.1, -0.05) is 33.6 Å². The maximum Gasteiger partial charge on any atom is 0.0622 e. The highest BCUT2D eigenvalue weighted by molar-refractivity contribution is 7.80. The third kappa shape index (κ3) is 4.43. The number of nitrogens with zero attached hydrogens (tertiary/aromatic N) is 1. The molecule has 0 amide bonds. The molecule has 1 saturated heterocycles. The van der Waals surface area contributed by atoms with Crippen LogP contribution in [0.1, 0.15) is 52.9 Å². The standard InChI is InChI=1S/C15H31NOS/c1-4-7-15(13-18,8-5-2)12-16-9-10-17-11-14(16)6-3/h14,18H,4-13H2,1-3H3. The van der Waals surface area contributed by atoms with Crippen LogP contribution in [0.15, 0.2) is 0 Å². The largest absolute Gasteiger partial charge is 0.378 e. The maximum absolute atomic E-state index is 5.61. The van der Waals surface area contributed by atoms with E-state index in [-0.39, 0.29) is 0 Å². The topological polar surface area (TPSA) is 12.5 Å². The molecule has 0 aromatic rings. The van der Waals surface area contributed by atoms with Crippen LogP contribution in [0, 0.1) is 5.41 Å². The van der Waals surface area contributed by atoms with Gasteiger partial charge < -0.3 is 4.74 Å². The van der Waals surface area contributed by atoms with Crippen molar-refractivity contribution in [3.63, 3.8) is 0 Å². The second kappa shape index (κ2) is 8.44. The molecule has 0 aromatic heterocycles. The van der Waals surface area contributed by atoms with Gasteiger partial charge in [-0.05, 0) is 30.4 Å². The van der Waals surface area contributed by atoms with E-state index in [9.17, 15) is 0 Å². The van der Waals surface area contributed by atoms with E-state index in [0.717, 1.165) is 25.5 Å². The number of hydrogen-bond donors (Lipinski definition) is 1. The molecule has 1 aliphatic heterocycles. The van der Waals surface area contributed by atoms with E-state index in [2.05, 4.69) is 38.3 Å². The van der Waals surface area contributed by atoms with E-state index < -0.39 is 0 Å². The van der Waals surface area contributed by atoms with Gasteiger partial charge in [-0.25, -0.2) is 0 Å². The first-order valence-corrected chi connectivity index (χ1v) is 8.27. The Hall–Kier alpha value is 0.270. The second-order valence-electron chi connectivity index (χ2n) is 5.77. The summed E-state index contributed by atoms with van der Waals surface area (Å²) >= 11 is 4.67. The summed E-state index contributed by atoms with van der Waals surface area (Å²) in [5.41, 5.74) is 0.414. The van der Waals surface area contributed by atoms with Crippen LogP contribution in [-0.2, 0) is 4.74 Å². The van der Waals surface area contributed by atoms with Gasteiger partial charge in [0.05, 0.1) is 13.2 Å². The summed E-state index contributed by atoms with van der Waals surface area (Å²) in [4.78, 5) is 2.66. The summed E-state index contributed by atoms with van der Waals surface area (Å²) in [6, 6.07) is 0.617. The van der Waals surface area contributed by atoms with E-state index in [1.165, 1.54) is 38.6 Å². The minimum absolute atomic E-state index is 0.414. The van der Waals surface area contributed by atoms with Crippen LogP contribution in [0.5, 0.6) is 0 Å². The first-order chi connectivity index (χ1) is 8.71. The van der Waals surface area contributed by atoms with Crippen molar-refractivity contribution in [3.8, 4) is 0 Å². The van der Waals surface area contributed by atoms with Crippen molar-refractivity contribution in [3.05, 3.63) is 0 Å². The number of thiol groups is 1. The Kier molecular flexibility index (Phi) is 7.66. The lowest BCUT2D eigenvalue weighted by Crippen LogP contribution is -2.50. The van der Waals surface area contributed by atoms with Gasteiger partial charge in [-0.15, -0.1) is 0 Å². The Balaban J connectivity index is 2.67.